The molecule has 1 fully saturated rings. The summed E-state index contributed by atoms with van der Waals surface area (Å²) < 4.78 is 5.93. The Morgan fingerprint density at radius 2 is 2.04 bits per heavy atom. The third-order valence-corrected chi connectivity index (χ3v) is 6.08. The van der Waals surface area contributed by atoms with Gasteiger partial charge in [-0.15, -0.1) is 0 Å². The van der Waals surface area contributed by atoms with Crippen LogP contribution in [0.4, 0.5) is 5.13 Å². The average Bonchev–Trinajstić information content (AvgIpc) is 3.28. The van der Waals surface area contributed by atoms with Crippen molar-refractivity contribution in [3.05, 3.63) is 22.9 Å². The number of fused-ring (bicyclic) bond motifs is 1. The van der Waals surface area contributed by atoms with Gasteiger partial charge in [-0.25, -0.2) is 9.97 Å². The third-order valence-electron chi connectivity index (χ3n) is 5.07. The number of thiazole rings is 1. The quantitative estimate of drug-likeness (QED) is 0.866. The van der Waals surface area contributed by atoms with Crippen molar-refractivity contribution in [3.8, 4) is 16.5 Å². The number of aryl methyl sites for hydroxylation is 1. The monoisotopic (exact) mass is 372 g/mol. The summed E-state index contributed by atoms with van der Waals surface area (Å²) in [6, 6.07) is 2.26. The Morgan fingerprint density at radius 1 is 1.31 bits per heavy atom. The normalized spacial score (nSPS) is 17.7. The van der Waals surface area contributed by atoms with Crippen molar-refractivity contribution in [2.75, 3.05) is 5.73 Å². The fraction of sp³-hybridized carbons (Fsp3) is 0.526. The first kappa shape index (κ1) is 17.3. The number of anilines is 1. The molecule has 0 radical (unpaired) electrons. The first-order chi connectivity index (χ1) is 12.3. The smallest absolute Gasteiger partial charge is 0.260 e. The molecule has 1 amide bonds. The lowest BCUT2D eigenvalue weighted by molar-refractivity contribution is 0.0692. The molecule has 2 aromatic rings. The minimum absolute atomic E-state index is 0.0367. The SMILES string of the molecule is Cc1nc(N)sc1-c1cc2c(c(OC(C)C)n1)C(=O)N([C@@H](C)C1CC1)C2. The number of carbonyl (C=O) groups is 1. The molecular formula is C19H24N4O2S. The van der Waals surface area contributed by atoms with E-state index in [4.69, 9.17) is 10.5 Å². The summed E-state index contributed by atoms with van der Waals surface area (Å²) in [6.07, 6.45) is 2.36. The molecule has 2 aromatic heterocycles. The molecule has 26 heavy (non-hydrogen) atoms. The molecule has 2 aliphatic rings. The number of nitrogens with two attached hydrogens (primary N) is 1. The standard InChI is InChI=1S/C19H24N4O2S/c1-9(2)25-17-15-13(8-23(18(15)24)11(4)12-5-6-12)7-14(22-17)16-10(3)21-19(20)26-16/h7,9,11-12H,5-6,8H2,1-4H3,(H2,20,21)/t11-/m0/s1. The molecule has 0 saturated heterocycles. The molecule has 138 valence electrons. The van der Waals surface area contributed by atoms with Gasteiger partial charge >= 0.3 is 0 Å². The van der Waals surface area contributed by atoms with Gasteiger partial charge in [-0.05, 0) is 58.1 Å². The van der Waals surface area contributed by atoms with E-state index in [2.05, 4.69) is 16.9 Å². The number of carbonyl (C=O) groups excluding carboxylic acids is 1. The first-order valence-corrected chi connectivity index (χ1v) is 9.91. The highest BCUT2D eigenvalue weighted by atomic mass is 32.1. The Morgan fingerprint density at radius 3 is 2.62 bits per heavy atom. The maximum absolute atomic E-state index is 13.1. The second-order valence-corrected chi connectivity index (χ2v) is 8.52. The zero-order valence-electron chi connectivity index (χ0n) is 15.6. The lowest BCUT2D eigenvalue weighted by Crippen LogP contribution is -2.34. The van der Waals surface area contributed by atoms with Crippen LogP contribution in [-0.2, 0) is 6.54 Å². The first-order valence-electron chi connectivity index (χ1n) is 9.10. The number of aromatic nitrogens is 2. The molecule has 7 heteroatoms. The Kier molecular flexibility index (Phi) is 4.14. The van der Waals surface area contributed by atoms with Crippen molar-refractivity contribution in [2.24, 2.45) is 5.92 Å². The summed E-state index contributed by atoms with van der Waals surface area (Å²) >= 11 is 1.41. The number of rotatable bonds is 5. The van der Waals surface area contributed by atoms with Gasteiger partial charge in [0.2, 0.25) is 5.88 Å². The van der Waals surface area contributed by atoms with Crippen LogP contribution in [0.3, 0.4) is 0 Å². The second kappa shape index (κ2) is 6.23. The minimum Gasteiger partial charge on any atom is -0.474 e. The molecule has 4 rings (SSSR count). The van der Waals surface area contributed by atoms with Gasteiger partial charge in [0.25, 0.3) is 5.91 Å². The van der Waals surface area contributed by atoms with Crippen molar-refractivity contribution in [1.82, 2.24) is 14.9 Å². The van der Waals surface area contributed by atoms with Crippen molar-refractivity contribution in [2.45, 2.75) is 59.2 Å². The lowest BCUT2D eigenvalue weighted by atomic mass is 10.1. The summed E-state index contributed by atoms with van der Waals surface area (Å²) in [7, 11) is 0. The largest absolute Gasteiger partial charge is 0.474 e. The van der Waals surface area contributed by atoms with E-state index in [1.807, 2.05) is 31.7 Å². The van der Waals surface area contributed by atoms with Gasteiger partial charge in [-0.3, -0.25) is 4.79 Å². The maximum Gasteiger partial charge on any atom is 0.260 e. The molecule has 1 atom stereocenters. The van der Waals surface area contributed by atoms with Crippen LogP contribution < -0.4 is 10.5 Å². The van der Waals surface area contributed by atoms with Crippen LogP contribution in [0.25, 0.3) is 10.6 Å². The lowest BCUT2D eigenvalue weighted by Gasteiger charge is -2.24. The van der Waals surface area contributed by atoms with Gasteiger partial charge in [0.1, 0.15) is 5.56 Å². The van der Waals surface area contributed by atoms with Crippen LogP contribution in [-0.4, -0.2) is 32.9 Å². The van der Waals surface area contributed by atoms with E-state index < -0.39 is 0 Å². The van der Waals surface area contributed by atoms with E-state index >= 15 is 0 Å². The molecule has 1 saturated carbocycles. The van der Waals surface area contributed by atoms with Gasteiger partial charge in [0.15, 0.2) is 5.13 Å². The van der Waals surface area contributed by atoms with Crippen LogP contribution >= 0.6 is 11.3 Å². The van der Waals surface area contributed by atoms with E-state index in [9.17, 15) is 4.79 Å². The molecule has 1 aliphatic heterocycles. The van der Waals surface area contributed by atoms with Crippen LogP contribution in [0.1, 0.15) is 55.2 Å². The van der Waals surface area contributed by atoms with Gasteiger partial charge < -0.3 is 15.4 Å². The number of hydrogen-bond donors (Lipinski definition) is 1. The van der Waals surface area contributed by atoms with Crippen molar-refractivity contribution in [3.63, 3.8) is 0 Å². The minimum atomic E-state index is -0.0582. The Hall–Kier alpha value is -2.15. The second-order valence-electron chi connectivity index (χ2n) is 7.49. The van der Waals surface area contributed by atoms with Crippen molar-refractivity contribution >= 4 is 22.4 Å². The average molecular weight is 372 g/mol. The van der Waals surface area contributed by atoms with E-state index in [-0.39, 0.29) is 18.1 Å². The predicted octanol–water partition coefficient (Wildman–Crippen LogP) is 3.64. The molecule has 1 aliphatic carbocycles. The van der Waals surface area contributed by atoms with Crippen molar-refractivity contribution in [1.29, 1.82) is 0 Å². The Labute approximate surface area is 157 Å². The summed E-state index contributed by atoms with van der Waals surface area (Å²) in [6.45, 7) is 8.57. The topological polar surface area (TPSA) is 81.3 Å². The highest BCUT2D eigenvalue weighted by Crippen LogP contribution is 2.41. The molecule has 3 heterocycles. The fourth-order valence-corrected chi connectivity index (χ4v) is 4.36. The zero-order valence-corrected chi connectivity index (χ0v) is 16.4. The molecule has 0 aromatic carbocycles. The number of nitrogens with zero attached hydrogens (tertiary/aromatic N) is 3. The number of pyridine rings is 1. The summed E-state index contributed by atoms with van der Waals surface area (Å²) in [5.41, 5.74) is 9.08. The van der Waals surface area contributed by atoms with Gasteiger partial charge in [0.05, 0.1) is 22.4 Å². The highest BCUT2D eigenvalue weighted by Gasteiger charge is 2.40. The predicted molar refractivity (Wildman–Crippen MR) is 102 cm³/mol. The molecule has 0 unspecified atom stereocenters. The maximum atomic E-state index is 13.1. The molecule has 6 nitrogen and oxygen atoms in total. The summed E-state index contributed by atoms with van der Waals surface area (Å²) in [4.78, 5) is 24.9. The third kappa shape index (κ3) is 2.94. The van der Waals surface area contributed by atoms with Crippen molar-refractivity contribution < 1.29 is 9.53 Å². The van der Waals surface area contributed by atoms with Crippen LogP contribution in [0.2, 0.25) is 0 Å². The number of ether oxygens (including phenoxy) is 1. The van der Waals surface area contributed by atoms with E-state index in [1.165, 1.54) is 24.2 Å². The number of amides is 1. The number of nitrogen functional groups attached to an aromatic ring is 1. The number of hydrogen-bond acceptors (Lipinski definition) is 6. The van der Waals surface area contributed by atoms with Crippen LogP contribution in [0.15, 0.2) is 6.07 Å². The fourth-order valence-electron chi connectivity index (χ4n) is 3.57. The zero-order chi connectivity index (χ0) is 18.6. The van der Waals surface area contributed by atoms with E-state index in [0.29, 0.717) is 29.0 Å². The molecule has 0 bridgehead atoms. The molecular weight excluding hydrogens is 348 g/mol. The van der Waals surface area contributed by atoms with Crippen LogP contribution in [0, 0.1) is 12.8 Å². The van der Waals surface area contributed by atoms with E-state index in [0.717, 1.165) is 21.8 Å². The van der Waals surface area contributed by atoms with Gasteiger partial charge in [-0.1, -0.05) is 11.3 Å². The van der Waals surface area contributed by atoms with E-state index in [1.54, 1.807) is 0 Å². The van der Waals surface area contributed by atoms with Crippen LogP contribution in [0.5, 0.6) is 5.88 Å². The highest BCUT2D eigenvalue weighted by molar-refractivity contribution is 7.18. The van der Waals surface area contributed by atoms with Gasteiger partial charge in [0, 0.05) is 12.6 Å². The summed E-state index contributed by atoms with van der Waals surface area (Å²) in [5, 5.41) is 0.520. The van der Waals surface area contributed by atoms with Gasteiger partial charge in [-0.2, -0.15) is 0 Å². The Balaban J connectivity index is 1.78. The summed E-state index contributed by atoms with van der Waals surface area (Å²) in [5.74, 6) is 1.09. The Bertz CT molecular complexity index is 873. The molecule has 2 N–H and O–H groups in total. The molecule has 0 spiro atoms.